The van der Waals surface area contributed by atoms with E-state index in [9.17, 15) is 14.7 Å². The lowest BCUT2D eigenvalue weighted by Gasteiger charge is -2.21. The van der Waals surface area contributed by atoms with Crippen LogP contribution in [0.15, 0.2) is 54.7 Å². The van der Waals surface area contributed by atoms with E-state index in [4.69, 9.17) is 0 Å². The van der Waals surface area contributed by atoms with Crippen LogP contribution in [0.2, 0.25) is 0 Å². The van der Waals surface area contributed by atoms with E-state index in [1.165, 1.54) is 0 Å². The molecule has 1 saturated carbocycles. The highest BCUT2D eigenvalue weighted by atomic mass is 16.3. The second-order valence-corrected chi connectivity index (χ2v) is 6.82. The van der Waals surface area contributed by atoms with Crippen molar-refractivity contribution in [3.05, 3.63) is 60.3 Å². The van der Waals surface area contributed by atoms with Gasteiger partial charge in [-0.1, -0.05) is 30.3 Å². The molecule has 4 rings (SSSR count). The van der Waals surface area contributed by atoms with Crippen LogP contribution in [0.3, 0.4) is 0 Å². The van der Waals surface area contributed by atoms with Gasteiger partial charge in [0, 0.05) is 11.1 Å². The van der Waals surface area contributed by atoms with Crippen molar-refractivity contribution < 1.29 is 14.7 Å². The molecule has 0 saturated heterocycles. The Morgan fingerprint density at radius 1 is 1.19 bits per heavy atom. The van der Waals surface area contributed by atoms with Crippen molar-refractivity contribution in [1.29, 1.82) is 0 Å². The molecule has 3 aromatic rings. The molecule has 1 heterocycles. The lowest BCUT2D eigenvalue weighted by molar-refractivity contribution is -0.129. The van der Waals surface area contributed by atoms with E-state index in [-0.39, 0.29) is 5.91 Å². The summed E-state index contributed by atoms with van der Waals surface area (Å²) < 4.78 is 0. The maximum Gasteiger partial charge on any atom is 0.249 e. The average molecular weight is 364 g/mol. The van der Waals surface area contributed by atoms with Crippen molar-refractivity contribution in [2.75, 3.05) is 11.9 Å². The number of carbonyl (C=O) groups excluding carboxylic acids is 2. The summed E-state index contributed by atoms with van der Waals surface area (Å²) in [6, 6.07) is 13.8. The third-order valence-corrected chi connectivity index (χ3v) is 5.02. The minimum Gasteiger partial charge on any atom is -0.394 e. The zero-order valence-electron chi connectivity index (χ0n) is 14.6. The number of aliphatic hydroxyl groups is 1. The van der Waals surface area contributed by atoms with Gasteiger partial charge in [-0.15, -0.1) is 0 Å². The number of anilines is 1. The lowest BCUT2D eigenvalue weighted by atomic mass is 9.94. The van der Waals surface area contributed by atoms with Crippen molar-refractivity contribution in [1.82, 2.24) is 15.5 Å². The van der Waals surface area contributed by atoms with Gasteiger partial charge in [0.15, 0.2) is 0 Å². The minimum atomic E-state index is -1.02. The van der Waals surface area contributed by atoms with Crippen LogP contribution in [0, 0.1) is 0 Å². The molecule has 138 valence electrons. The van der Waals surface area contributed by atoms with E-state index in [1.54, 1.807) is 18.3 Å². The zero-order chi connectivity index (χ0) is 18.9. The van der Waals surface area contributed by atoms with Crippen molar-refractivity contribution in [2.24, 2.45) is 0 Å². The van der Waals surface area contributed by atoms with Crippen molar-refractivity contribution in [2.45, 2.75) is 24.3 Å². The molecular weight excluding hydrogens is 344 g/mol. The fraction of sp³-hybridized carbons (Fsp3) is 0.250. The largest absolute Gasteiger partial charge is 0.394 e. The van der Waals surface area contributed by atoms with Gasteiger partial charge >= 0.3 is 0 Å². The Morgan fingerprint density at radius 3 is 2.67 bits per heavy atom. The van der Waals surface area contributed by atoms with Crippen LogP contribution in [-0.4, -0.2) is 39.8 Å². The van der Waals surface area contributed by atoms with E-state index >= 15 is 0 Å². The standard InChI is InChI=1S/C20H20N4O3/c25-12-17(18(26)22-15-7-6-13-11-21-24-16(13)10-15)23-19(27)20(8-9-20)14-4-2-1-3-5-14/h1-7,10-11,17,25H,8-9,12H2,(H,21,24)(H,22,26)(H,23,27)/t17-/m0/s1. The highest BCUT2D eigenvalue weighted by Crippen LogP contribution is 2.48. The van der Waals surface area contributed by atoms with E-state index < -0.39 is 24.0 Å². The number of aliphatic hydroxyl groups excluding tert-OH is 1. The molecule has 2 aromatic carbocycles. The number of benzene rings is 2. The summed E-state index contributed by atoms with van der Waals surface area (Å²) in [5.74, 6) is -0.694. The molecule has 4 N–H and O–H groups in total. The van der Waals surface area contributed by atoms with Gasteiger partial charge in [0.25, 0.3) is 0 Å². The first-order valence-corrected chi connectivity index (χ1v) is 8.84. The number of nitrogens with zero attached hydrogens (tertiary/aromatic N) is 1. The number of amides is 2. The predicted molar refractivity (Wildman–Crippen MR) is 101 cm³/mol. The molecule has 0 radical (unpaired) electrons. The number of aromatic nitrogens is 2. The monoisotopic (exact) mass is 364 g/mol. The Labute approximate surface area is 155 Å². The normalized spacial score (nSPS) is 15.9. The fourth-order valence-corrected chi connectivity index (χ4v) is 3.26. The number of nitrogens with one attached hydrogen (secondary N) is 3. The molecule has 1 aliphatic rings. The molecule has 1 aromatic heterocycles. The molecule has 0 unspecified atom stereocenters. The molecular formula is C20H20N4O3. The molecule has 1 aliphatic carbocycles. The minimum absolute atomic E-state index is 0.230. The van der Waals surface area contributed by atoms with Crippen LogP contribution in [-0.2, 0) is 15.0 Å². The number of fused-ring (bicyclic) bond motifs is 1. The van der Waals surface area contributed by atoms with E-state index in [1.807, 2.05) is 36.4 Å². The van der Waals surface area contributed by atoms with Crippen LogP contribution in [0.25, 0.3) is 10.9 Å². The highest BCUT2D eigenvalue weighted by Gasteiger charge is 2.51. The van der Waals surface area contributed by atoms with Gasteiger partial charge in [-0.05, 0) is 36.6 Å². The summed E-state index contributed by atoms with van der Waals surface area (Å²) in [6.07, 6.45) is 3.16. The zero-order valence-corrected chi connectivity index (χ0v) is 14.6. The summed E-state index contributed by atoms with van der Waals surface area (Å²) >= 11 is 0. The number of carbonyl (C=O) groups is 2. The lowest BCUT2D eigenvalue weighted by Crippen LogP contribution is -2.49. The second kappa shape index (κ2) is 6.85. The Balaban J connectivity index is 1.45. The molecule has 7 heteroatoms. The number of hydrogen-bond donors (Lipinski definition) is 4. The molecule has 0 spiro atoms. The first kappa shape index (κ1) is 17.2. The van der Waals surface area contributed by atoms with Crippen molar-refractivity contribution >= 4 is 28.4 Å². The summed E-state index contributed by atoms with van der Waals surface area (Å²) in [6.45, 7) is -0.477. The van der Waals surface area contributed by atoms with Crippen molar-refractivity contribution in [3.8, 4) is 0 Å². The third kappa shape index (κ3) is 3.29. The van der Waals surface area contributed by atoms with Gasteiger partial charge in [-0.2, -0.15) is 5.10 Å². The highest BCUT2D eigenvalue weighted by molar-refractivity contribution is 6.00. The Kier molecular flexibility index (Phi) is 4.37. The molecule has 0 bridgehead atoms. The Hall–Kier alpha value is -3.19. The summed E-state index contributed by atoms with van der Waals surface area (Å²) in [4.78, 5) is 25.3. The maximum absolute atomic E-state index is 12.8. The summed E-state index contributed by atoms with van der Waals surface area (Å²) in [7, 11) is 0. The maximum atomic E-state index is 12.8. The van der Waals surface area contributed by atoms with Crippen LogP contribution >= 0.6 is 0 Å². The van der Waals surface area contributed by atoms with Gasteiger partial charge in [0.1, 0.15) is 6.04 Å². The number of rotatable bonds is 6. The van der Waals surface area contributed by atoms with Gasteiger partial charge in [0.2, 0.25) is 11.8 Å². The molecule has 2 amide bonds. The second-order valence-electron chi connectivity index (χ2n) is 6.82. The van der Waals surface area contributed by atoms with Crippen molar-refractivity contribution in [3.63, 3.8) is 0 Å². The topological polar surface area (TPSA) is 107 Å². The third-order valence-electron chi connectivity index (χ3n) is 5.02. The average Bonchev–Trinajstić information content (AvgIpc) is 3.38. The van der Waals surface area contributed by atoms with Crippen LogP contribution in [0.4, 0.5) is 5.69 Å². The molecule has 1 fully saturated rings. The fourth-order valence-electron chi connectivity index (χ4n) is 3.26. The molecule has 1 atom stereocenters. The van der Waals surface area contributed by atoms with Crippen LogP contribution in [0.1, 0.15) is 18.4 Å². The van der Waals surface area contributed by atoms with Gasteiger partial charge in [0.05, 0.1) is 23.7 Å². The van der Waals surface area contributed by atoms with E-state index in [0.717, 1.165) is 29.3 Å². The molecule has 27 heavy (non-hydrogen) atoms. The Bertz CT molecular complexity index is 979. The summed E-state index contributed by atoms with van der Waals surface area (Å²) in [5, 5.41) is 22.8. The number of aromatic amines is 1. The first-order valence-electron chi connectivity index (χ1n) is 8.84. The predicted octanol–water partition coefficient (Wildman–Crippen LogP) is 1.71. The van der Waals surface area contributed by atoms with E-state index in [0.29, 0.717) is 5.69 Å². The number of H-pyrrole nitrogens is 1. The van der Waals surface area contributed by atoms with Gasteiger partial charge < -0.3 is 15.7 Å². The van der Waals surface area contributed by atoms with Crippen LogP contribution in [0.5, 0.6) is 0 Å². The number of hydrogen-bond acceptors (Lipinski definition) is 4. The summed E-state index contributed by atoms with van der Waals surface area (Å²) in [5.41, 5.74) is 1.69. The van der Waals surface area contributed by atoms with Gasteiger partial charge in [-0.25, -0.2) is 0 Å². The van der Waals surface area contributed by atoms with E-state index in [2.05, 4.69) is 20.8 Å². The van der Waals surface area contributed by atoms with Gasteiger partial charge in [-0.3, -0.25) is 14.7 Å². The molecule has 7 nitrogen and oxygen atoms in total. The quantitative estimate of drug-likeness (QED) is 0.534. The first-order chi connectivity index (χ1) is 13.1. The SMILES string of the molecule is O=C(Nc1ccc2cn[nH]c2c1)[C@H](CO)NC(=O)C1(c2ccccc2)CC1. The smallest absolute Gasteiger partial charge is 0.249 e. The van der Waals surface area contributed by atoms with Crippen LogP contribution < -0.4 is 10.6 Å². The Morgan fingerprint density at radius 2 is 1.96 bits per heavy atom. The molecule has 0 aliphatic heterocycles.